The van der Waals surface area contributed by atoms with Crippen molar-refractivity contribution in [1.29, 1.82) is 0 Å². The quantitative estimate of drug-likeness (QED) is 0.658. The third-order valence-corrected chi connectivity index (χ3v) is 5.77. The number of hydrogen-bond donors (Lipinski definition) is 0. The molecule has 27 heavy (non-hydrogen) atoms. The lowest BCUT2D eigenvalue weighted by molar-refractivity contribution is 0.301. The molecule has 2 aromatic heterocycles. The molecule has 142 valence electrons. The average molecular weight is 388 g/mol. The average Bonchev–Trinajstić information content (AvgIpc) is 3.35. The summed E-state index contributed by atoms with van der Waals surface area (Å²) in [6.45, 7) is 0.584. The molecule has 0 bridgehead atoms. The van der Waals surface area contributed by atoms with Crippen molar-refractivity contribution in [3.05, 3.63) is 34.7 Å². The van der Waals surface area contributed by atoms with E-state index in [0.717, 1.165) is 19.1 Å². The van der Waals surface area contributed by atoms with Gasteiger partial charge in [-0.15, -0.1) is 5.10 Å². The number of ether oxygens (including phenoxy) is 1. The summed E-state index contributed by atoms with van der Waals surface area (Å²) in [6.07, 6.45) is 5.09. The van der Waals surface area contributed by atoms with Gasteiger partial charge in [-0.05, 0) is 37.0 Å². The number of rotatable bonds is 5. The Hall–Kier alpha value is -2.68. The molecule has 0 spiro atoms. The fourth-order valence-electron chi connectivity index (χ4n) is 2.98. The van der Waals surface area contributed by atoms with Gasteiger partial charge in [-0.1, -0.05) is 0 Å². The van der Waals surface area contributed by atoms with Crippen molar-refractivity contribution in [1.82, 2.24) is 19.6 Å². The highest BCUT2D eigenvalue weighted by Gasteiger charge is 2.24. The Morgan fingerprint density at radius 1 is 1.15 bits per heavy atom. The van der Waals surface area contributed by atoms with Crippen LogP contribution in [0.3, 0.4) is 0 Å². The van der Waals surface area contributed by atoms with Crippen LogP contribution in [-0.4, -0.2) is 40.8 Å². The van der Waals surface area contributed by atoms with Crippen molar-refractivity contribution in [3.63, 3.8) is 0 Å². The normalized spacial score (nSPS) is 14.6. The summed E-state index contributed by atoms with van der Waals surface area (Å²) in [5.41, 5.74) is 1.58. The number of aromatic nitrogens is 4. The maximum atomic E-state index is 12.4. The lowest BCUT2D eigenvalue weighted by Crippen LogP contribution is -2.17. The number of aryl methyl sites for hydroxylation is 2. The van der Waals surface area contributed by atoms with E-state index in [2.05, 4.69) is 10.2 Å². The van der Waals surface area contributed by atoms with Crippen molar-refractivity contribution < 1.29 is 13.2 Å². The Kier molecular flexibility index (Phi) is 4.06. The minimum absolute atomic E-state index is 0.183. The van der Waals surface area contributed by atoms with Gasteiger partial charge in [-0.2, -0.15) is 9.90 Å². The van der Waals surface area contributed by atoms with E-state index in [1.165, 1.54) is 15.4 Å². The molecular weight excluding hydrogens is 368 g/mol. The SMILES string of the molecule is Cn1nc2c(-c3cc(S(C)(=O)=O)ccc3OCC3CC3)cn(C)c(=O)c2n1. The summed E-state index contributed by atoms with van der Waals surface area (Å²) in [4.78, 5) is 13.9. The molecule has 9 heteroatoms. The van der Waals surface area contributed by atoms with Crippen LogP contribution in [0.4, 0.5) is 0 Å². The van der Waals surface area contributed by atoms with E-state index >= 15 is 0 Å². The van der Waals surface area contributed by atoms with Crippen LogP contribution in [0.1, 0.15) is 12.8 Å². The molecule has 0 N–H and O–H groups in total. The molecule has 0 aliphatic heterocycles. The van der Waals surface area contributed by atoms with Crippen molar-refractivity contribution in [2.75, 3.05) is 12.9 Å². The van der Waals surface area contributed by atoms with E-state index in [1.54, 1.807) is 32.4 Å². The third kappa shape index (κ3) is 3.34. The second kappa shape index (κ2) is 6.19. The van der Waals surface area contributed by atoms with Crippen molar-refractivity contribution >= 4 is 20.9 Å². The van der Waals surface area contributed by atoms with Gasteiger partial charge in [-0.25, -0.2) is 8.42 Å². The molecule has 1 saturated carbocycles. The number of nitrogens with zero attached hydrogens (tertiary/aromatic N) is 4. The van der Waals surface area contributed by atoms with E-state index in [0.29, 0.717) is 34.9 Å². The Morgan fingerprint density at radius 2 is 1.85 bits per heavy atom. The van der Waals surface area contributed by atoms with E-state index < -0.39 is 9.84 Å². The first-order chi connectivity index (χ1) is 12.7. The fourth-order valence-corrected chi connectivity index (χ4v) is 3.62. The van der Waals surface area contributed by atoms with Gasteiger partial charge < -0.3 is 9.30 Å². The van der Waals surface area contributed by atoms with Crippen LogP contribution in [-0.2, 0) is 23.9 Å². The first kappa shape index (κ1) is 17.7. The van der Waals surface area contributed by atoms with Gasteiger partial charge in [0.1, 0.15) is 11.3 Å². The second-order valence-electron chi connectivity index (χ2n) is 7.03. The summed E-state index contributed by atoms with van der Waals surface area (Å²) in [7, 11) is -0.131. The zero-order chi connectivity index (χ0) is 19.3. The molecule has 2 heterocycles. The molecule has 1 aliphatic rings. The molecule has 8 nitrogen and oxygen atoms in total. The molecule has 0 atom stereocenters. The van der Waals surface area contributed by atoms with Crippen molar-refractivity contribution in [2.24, 2.45) is 20.0 Å². The molecule has 1 aromatic carbocycles. The predicted octanol–water partition coefficient (Wildman–Crippen LogP) is 1.53. The molecule has 3 aromatic rings. The lowest BCUT2D eigenvalue weighted by Gasteiger charge is -2.14. The van der Waals surface area contributed by atoms with Gasteiger partial charge in [0.05, 0.1) is 11.5 Å². The van der Waals surface area contributed by atoms with E-state index in [-0.39, 0.29) is 16.0 Å². The smallest absolute Gasteiger partial charge is 0.280 e. The van der Waals surface area contributed by atoms with Crippen molar-refractivity contribution in [2.45, 2.75) is 17.7 Å². The second-order valence-corrected chi connectivity index (χ2v) is 9.05. The molecule has 1 aliphatic carbocycles. The minimum Gasteiger partial charge on any atom is -0.493 e. The monoisotopic (exact) mass is 388 g/mol. The van der Waals surface area contributed by atoms with Crippen LogP contribution >= 0.6 is 0 Å². The molecule has 1 fully saturated rings. The van der Waals surface area contributed by atoms with Gasteiger partial charge in [0.25, 0.3) is 5.56 Å². The number of benzene rings is 1. The summed E-state index contributed by atoms with van der Waals surface area (Å²) in [6, 6.07) is 4.78. The summed E-state index contributed by atoms with van der Waals surface area (Å²) >= 11 is 0. The Bertz CT molecular complexity index is 1210. The van der Waals surface area contributed by atoms with E-state index in [1.807, 2.05) is 0 Å². The first-order valence-corrected chi connectivity index (χ1v) is 10.5. The number of hydrogen-bond acceptors (Lipinski definition) is 6. The Balaban J connectivity index is 1.97. The van der Waals surface area contributed by atoms with Crippen molar-refractivity contribution in [3.8, 4) is 16.9 Å². The summed E-state index contributed by atoms with van der Waals surface area (Å²) in [5, 5.41) is 8.48. The van der Waals surface area contributed by atoms with Crippen LogP contribution in [0.5, 0.6) is 5.75 Å². The molecule has 0 saturated heterocycles. The molecule has 0 radical (unpaired) electrons. The number of fused-ring (bicyclic) bond motifs is 1. The zero-order valence-corrected chi connectivity index (χ0v) is 16.2. The largest absolute Gasteiger partial charge is 0.493 e. The standard InChI is InChI=1S/C18H20N4O4S/c1-21-9-14(16-17(18(21)23)20-22(2)19-16)13-8-12(27(3,24)25)6-7-15(13)26-10-11-4-5-11/h6-9,11H,4-5,10H2,1-3H3. The Labute approximate surface area is 156 Å². The highest BCUT2D eigenvalue weighted by Crippen LogP contribution is 2.37. The molecular formula is C18H20N4O4S. The fraction of sp³-hybridized carbons (Fsp3) is 0.389. The van der Waals surface area contributed by atoms with E-state index in [4.69, 9.17) is 4.74 Å². The summed E-state index contributed by atoms with van der Waals surface area (Å²) in [5.74, 6) is 1.11. The van der Waals surface area contributed by atoms with Gasteiger partial charge in [0.2, 0.25) is 0 Å². The molecule has 4 rings (SSSR count). The van der Waals surface area contributed by atoms with Gasteiger partial charge in [-0.3, -0.25) is 4.79 Å². The van der Waals surface area contributed by atoms with Gasteiger partial charge in [0.15, 0.2) is 15.4 Å². The molecule has 0 unspecified atom stereocenters. The van der Waals surface area contributed by atoms with Crippen LogP contribution in [0, 0.1) is 5.92 Å². The number of pyridine rings is 1. The lowest BCUT2D eigenvalue weighted by atomic mass is 10.0. The Morgan fingerprint density at radius 3 is 2.52 bits per heavy atom. The van der Waals surface area contributed by atoms with Crippen LogP contribution in [0.25, 0.3) is 22.2 Å². The topological polar surface area (TPSA) is 96.1 Å². The third-order valence-electron chi connectivity index (χ3n) is 4.66. The summed E-state index contributed by atoms with van der Waals surface area (Å²) < 4.78 is 31.5. The zero-order valence-electron chi connectivity index (χ0n) is 15.3. The van der Waals surface area contributed by atoms with Gasteiger partial charge in [0, 0.05) is 37.7 Å². The van der Waals surface area contributed by atoms with Crippen LogP contribution in [0.2, 0.25) is 0 Å². The highest BCUT2D eigenvalue weighted by atomic mass is 32.2. The van der Waals surface area contributed by atoms with Crippen LogP contribution < -0.4 is 10.3 Å². The molecule has 0 amide bonds. The van der Waals surface area contributed by atoms with E-state index in [9.17, 15) is 13.2 Å². The minimum atomic E-state index is -3.40. The maximum absolute atomic E-state index is 12.4. The number of sulfone groups is 1. The maximum Gasteiger partial charge on any atom is 0.280 e. The van der Waals surface area contributed by atoms with Crippen LogP contribution in [0.15, 0.2) is 34.1 Å². The highest BCUT2D eigenvalue weighted by molar-refractivity contribution is 7.90. The predicted molar refractivity (Wildman–Crippen MR) is 101 cm³/mol. The van der Waals surface area contributed by atoms with Gasteiger partial charge >= 0.3 is 0 Å². The first-order valence-electron chi connectivity index (χ1n) is 8.62.